The van der Waals surface area contributed by atoms with Gasteiger partial charge in [-0.05, 0) is 24.6 Å². The van der Waals surface area contributed by atoms with Crippen LogP contribution >= 0.6 is 0 Å². The first kappa shape index (κ1) is 20.5. The van der Waals surface area contributed by atoms with E-state index in [0.717, 1.165) is 11.6 Å². The van der Waals surface area contributed by atoms with Crippen LogP contribution in [0.5, 0.6) is 5.75 Å². The third-order valence-electron chi connectivity index (χ3n) is 4.47. The second kappa shape index (κ2) is 6.70. The molecule has 0 bridgehead atoms. The quantitative estimate of drug-likeness (QED) is 0.754. The van der Waals surface area contributed by atoms with Gasteiger partial charge >= 0.3 is 5.51 Å². The number of hydrogen-bond acceptors (Lipinski definition) is 4. The normalized spacial score (nSPS) is 18.8. The summed E-state index contributed by atoms with van der Waals surface area (Å²) >= 11 is 0. The molecule has 0 amide bonds. The Morgan fingerprint density at radius 2 is 1.75 bits per heavy atom. The molecule has 0 spiro atoms. The van der Waals surface area contributed by atoms with Crippen LogP contribution in [0.3, 0.4) is 0 Å². The van der Waals surface area contributed by atoms with Gasteiger partial charge in [-0.2, -0.15) is 13.2 Å². The highest BCUT2D eigenvalue weighted by molar-refractivity contribution is 7.92. The van der Waals surface area contributed by atoms with Crippen molar-refractivity contribution < 1.29 is 40.2 Å². The molecule has 0 fully saturated rings. The number of halogens is 5. The predicted molar refractivity (Wildman–Crippen MR) is 88.8 cm³/mol. The number of aryl methyl sites for hydroxylation is 1. The zero-order valence-electron chi connectivity index (χ0n) is 14.4. The number of fused-ring (bicyclic) bond motifs is 1. The minimum Gasteiger partial charge on any atom is -0.489 e. The number of hydrogen-bond donors (Lipinski definition) is 1. The summed E-state index contributed by atoms with van der Waals surface area (Å²) in [5.41, 5.74) is -5.45. The Balaban J connectivity index is 2.05. The Bertz CT molecular complexity index is 998. The van der Waals surface area contributed by atoms with Gasteiger partial charge in [0.2, 0.25) is 0 Å². The van der Waals surface area contributed by atoms with Crippen molar-refractivity contribution in [3.05, 3.63) is 58.7 Å². The molecule has 1 atom stereocenters. The molecule has 0 saturated carbocycles. The second-order valence-corrected chi connectivity index (χ2v) is 8.43. The summed E-state index contributed by atoms with van der Waals surface area (Å²) in [6.45, 7) is 1.79. The van der Waals surface area contributed by atoms with Crippen molar-refractivity contribution in [2.75, 3.05) is 0 Å². The van der Waals surface area contributed by atoms with E-state index < -0.39 is 49.8 Å². The van der Waals surface area contributed by atoms with Gasteiger partial charge in [0, 0.05) is 17.5 Å². The molecule has 3 rings (SSSR count). The third kappa shape index (κ3) is 3.46. The lowest BCUT2D eigenvalue weighted by molar-refractivity contribution is -0.0978. The van der Waals surface area contributed by atoms with E-state index >= 15 is 0 Å². The molecule has 2 aromatic carbocycles. The highest BCUT2D eigenvalue weighted by Crippen LogP contribution is 2.50. The van der Waals surface area contributed by atoms with Crippen LogP contribution in [-0.2, 0) is 22.9 Å². The van der Waals surface area contributed by atoms with Crippen LogP contribution in [0.1, 0.15) is 28.4 Å². The Morgan fingerprint density at radius 3 is 2.32 bits per heavy atom. The van der Waals surface area contributed by atoms with Crippen molar-refractivity contribution >= 4 is 9.84 Å². The van der Waals surface area contributed by atoms with E-state index in [-0.39, 0.29) is 12.4 Å². The number of aliphatic hydroxyl groups excluding tert-OH is 1. The van der Waals surface area contributed by atoms with Gasteiger partial charge in [0.05, 0.1) is 4.90 Å². The summed E-state index contributed by atoms with van der Waals surface area (Å²) in [6, 6.07) is 8.47. The van der Waals surface area contributed by atoms with Gasteiger partial charge in [0.1, 0.15) is 18.5 Å². The molecular formula is C18H15F5O4S. The molecule has 1 N–H and O–H groups in total. The van der Waals surface area contributed by atoms with Gasteiger partial charge in [-0.1, -0.05) is 29.8 Å². The molecule has 152 valence electrons. The summed E-state index contributed by atoms with van der Waals surface area (Å²) in [4.78, 5) is -1.39. The lowest BCUT2D eigenvalue weighted by atomic mass is 10.1. The lowest BCUT2D eigenvalue weighted by Crippen LogP contribution is -2.26. The van der Waals surface area contributed by atoms with Crippen molar-refractivity contribution in [2.45, 2.75) is 42.4 Å². The average Bonchev–Trinajstić information content (AvgIpc) is 2.83. The standard InChI is InChI=1S/C18H15F5O4S/c1-10-2-4-11(5-3-10)9-27-13-6-7-14(28(25,26)18(21,22)23)15-12(13)8-17(19,20)16(15)24/h2-7,16,24H,8-9H2,1H3/t16-/m0/s1. The maximum absolute atomic E-state index is 14.0. The number of aliphatic hydroxyl groups is 1. The molecule has 0 unspecified atom stereocenters. The molecule has 2 aromatic rings. The van der Waals surface area contributed by atoms with Gasteiger partial charge in [0.15, 0.2) is 0 Å². The van der Waals surface area contributed by atoms with Crippen molar-refractivity contribution in [1.82, 2.24) is 0 Å². The van der Waals surface area contributed by atoms with E-state index in [0.29, 0.717) is 11.6 Å². The Kier molecular flexibility index (Phi) is 4.91. The van der Waals surface area contributed by atoms with Crippen molar-refractivity contribution in [3.8, 4) is 5.75 Å². The molecule has 1 aliphatic carbocycles. The molecular weight excluding hydrogens is 407 g/mol. The van der Waals surface area contributed by atoms with E-state index in [1.165, 1.54) is 0 Å². The molecule has 0 radical (unpaired) electrons. The van der Waals surface area contributed by atoms with Crippen LogP contribution in [0.4, 0.5) is 22.0 Å². The second-order valence-electron chi connectivity index (χ2n) is 6.52. The third-order valence-corrected chi connectivity index (χ3v) is 6.01. The molecule has 0 heterocycles. The number of ether oxygens (including phenoxy) is 1. The van der Waals surface area contributed by atoms with Gasteiger partial charge in [0.25, 0.3) is 15.8 Å². The molecule has 10 heteroatoms. The molecule has 4 nitrogen and oxygen atoms in total. The summed E-state index contributed by atoms with van der Waals surface area (Å²) in [5.74, 6) is -4.02. The summed E-state index contributed by atoms with van der Waals surface area (Å²) in [7, 11) is -5.92. The van der Waals surface area contributed by atoms with Gasteiger partial charge < -0.3 is 9.84 Å². The van der Waals surface area contributed by atoms with Crippen LogP contribution < -0.4 is 4.74 Å². The summed E-state index contributed by atoms with van der Waals surface area (Å²) < 4.78 is 95.8. The van der Waals surface area contributed by atoms with E-state index in [2.05, 4.69) is 0 Å². The Labute approximate surface area is 157 Å². The zero-order valence-corrected chi connectivity index (χ0v) is 15.2. The first-order valence-electron chi connectivity index (χ1n) is 8.06. The molecule has 28 heavy (non-hydrogen) atoms. The van der Waals surface area contributed by atoms with E-state index in [1.54, 1.807) is 24.3 Å². The largest absolute Gasteiger partial charge is 0.501 e. The average molecular weight is 422 g/mol. The summed E-state index contributed by atoms with van der Waals surface area (Å²) in [5, 5.41) is 9.82. The first-order valence-corrected chi connectivity index (χ1v) is 9.54. The SMILES string of the molecule is Cc1ccc(COc2ccc(S(=O)(=O)C(F)(F)F)c3c2CC(F)(F)[C@H]3O)cc1. The van der Waals surface area contributed by atoms with E-state index in [9.17, 15) is 35.5 Å². The van der Waals surface area contributed by atoms with Crippen molar-refractivity contribution in [1.29, 1.82) is 0 Å². The van der Waals surface area contributed by atoms with Crippen LogP contribution in [0.25, 0.3) is 0 Å². The summed E-state index contributed by atoms with van der Waals surface area (Å²) in [6.07, 6.45) is -3.81. The Hall–Kier alpha value is -2.20. The van der Waals surface area contributed by atoms with Crippen LogP contribution in [0.15, 0.2) is 41.3 Å². The number of rotatable bonds is 4. The molecule has 0 aliphatic heterocycles. The maximum atomic E-state index is 14.0. The monoisotopic (exact) mass is 422 g/mol. The molecule has 0 aromatic heterocycles. The minimum atomic E-state index is -5.92. The highest BCUT2D eigenvalue weighted by Gasteiger charge is 2.55. The Morgan fingerprint density at radius 1 is 1.14 bits per heavy atom. The maximum Gasteiger partial charge on any atom is 0.501 e. The van der Waals surface area contributed by atoms with E-state index in [1.807, 2.05) is 6.92 Å². The van der Waals surface area contributed by atoms with Crippen LogP contribution in [-0.4, -0.2) is 25.0 Å². The van der Waals surface area contributed by atoms with Gasteiger partial charge in [-0.15, -0.1) is 0 Å². The smallest absolute Gasteiger partial charge is 0.489 e. The fourth-order valence-corrected chi connectivity index (χ4v) is 4.01. The lowest BCUT2D eigenvalue weighted by Gasteiger charge is -2.17. The molecule has 0 saturated heterocycles. The zero-order chi connectivity index (χ0) is 20.9. The van der Waals surface area contributed by atoms with Gasteiger partial charge in [-0.3, -0.25) is 0 Å². The first-order chi connectivity index (χ1) is 12.8. The minimum absolute atomic E-state index is 0.0697. The fraction of sp³-hybridized carbons (Fsp3) is 0.333. The predicted octanol–water partition coefficient (Wildman–Crippen LogP) is 4.09. The topological polar surface area (TPSA) is 63.6 Å². The van der Waals surface area contributed by atoms with E-state index in [4.69, 9.17) is 4.74 Å². The fourth-order valence-electron chi connectivity index (χ4n) is 2.99. The van der Waals surface area contributed by atoms with Crippen molar-refractivity contribution in [3.63, 3.8) is 0 Å². The van der Waals surface area contributed by atoms with Crippen LogP contribution in [0, 0.1) is 6.92 Å². The number of benzene rings is 2. The van der Waals surface area contributed by atoms with Gasteiger partial charge in [-0.25, -0.2) is 17.2 Å². The highest BCUT2D eigenvalue weighted by atomic mass is 32.2. The molecule has 1 aliphatic rings. The van der Waals surface area contributed by atoms with Crippen LogP contribution in [0.2, 0.25) is 0 Å². The van der Waals surface area contributed by atoms with Crippen molar-refractivity contribution in [2.24, 2.45) is 0 Å². The number of alkyl halides is 5. The number of sulfone groups is 1.